The Morgan fingerprint density at radius 1 is 0.962 bits per heavy atom. The molecule has 2 N–H and O–H groups in total. The summed E-state index contributed by atoms with van der Waals surface area (Å²) in [4.78, 5) is 23.5. The Kier molecular flexibility index (Phi) is 7.29. The van der Waals surface area contributed by atoms with E-state index >= 15 is 0 Å². The second-order valence-corrected chi connectivity index (χ2v) is 6.22. The molecule has 0 bridgehead atoms. The van der Waals surface area contributed by atoms with Crippen molar-refractivity contribution in [2.24, 2.45) is 0 Å². The third-order valence-electron chi connectivity index (χ3n) is 3.73. The number of anilines is 1. The SMILES string of the molecule is CC(C)c1ccc(NC(=O)COCC(=O)NCc2ccc(F)cc2)cc1. The third-order valence-corrected chi connectivity index (χ3v) is 3.73. The van der Waals surface area contributed by atoms with Crippen molar-refractivity contribution in [1.82, 2.24) is 5.32 Å². The molecule has 0 saturated carbocycles. The Labute approximate surface area is 152 Å². The molecule has 0 heterocycles. The highest BCUT2D eigenvalue weighted by molar-refractivity contribution is 5.91. The predicted molar refractivity (Wildman–Crippen MR) is 98.2 cm³/mol. The minimum atomic E-state index is -0.344. The van der Waals surface area contributed by atoms with Crippen LogP contribution in [0.15, 0.2) is 48.5 Å². The highest BCUT2D eigenvalue weighted by Gasteiger charge is 2.07. The molecule has 0 unspecified atom stereocenters. The zero-order valence-electron chi connectivity index (χ0n) is 14.9. The van der Waals surface area contributed by atoms with Gasteiger partial charge in [-0.05, 0) is 41.3 Å². The van der Waals surface area contributed by atoms with Gasteiger partial charge in [-0.25, -0.2) is 4.39 Å². The van der Waals surface area contributed by atoms with Crippen molar-refractivity contribution >= 4 is 17.5 Å². The van der Waals surface area contributed by atoms with Crippen molar-refractivity contribution in [3.63, 3.8) is 0 Å². The Hall–Kier alpha value is -2.73. The first-order chi connectivity index (χ1) is 12.4. The third kappa shape index (κ3) is 6.64. The predicted octanol–water partition coefficient (Wildman–Crippen LogP) is 3.22. The first kappa shape index (κ1) is 19.6. The van der Waals surface area contributed by atoms with Gasteiger partial charge in [0.2, 0.25) is 11.8 Å². The van der Waals surface area contributed by atoms with E-state index in [-0.39, 0.29) is 37.4 Å². The lowest BCUT2D eigenvalue weighted by Gasteiger charge is -2.09. The Bertz CT molecular complexity index is 728. The van der Waals surface area contributed by atoms with Crippen LogP contribution in [-0.2, 0) is 20.9 Å². The van der Waals surface area contributed by atoms with Crippen LogP contribution in [-0.4, -0.2) is 25.0 Å². The van der Waals surface area contributed by atoms with Gasteiger partial charge in [-0.3, -0.25) is 9.59 Å². The number of carbonyl (C=O) groups is 2. The monoisotopic (exact) mass is 358 g/mol. The van der Waals surface area contributed by atoms with Gasteiger partial charge in [-0.1, -0.05) is 38.1 Å². The number of ether oxygens (including phenoxy) is 1. The van der Waals surface area contributed by atoms with E-state index in [4.69, 9.17) is 4.74 Å². The summed E-state index contributed by atoms with van der Waals surface area (Å²) in [6.07, 6.45) is 0. The van der Waals surface area contributed by atoms with Gasteiger partial charge in [-0.15, -0.1) is 0 Å². The molecule has 0 aliphatic carbocycles. The lowest BCUT2D eigenvalue weighted by molar-refractivity contribution is -0.128. The highest BCUT2D eigenvalue weighted by Crippen LogP contribution is 2.16. The van der Waals surface area contributed by atoms with E-state index in [1.54, 1.807) is 12.1 Å². The number of halogens is 1. The maximum absolute atomic E-state index is 12.8. The average Bonchev–Trinajstić information content (AvgIpc) is 2.61. The maximum Gasteiger partial charge on any atom is 0.250 e. The van der Waals surface area contributed by atoms with E-state index in [0.717, 1.165) is 5.56 Å². The molecular weight excluding hydrogens is 335 g/mol. The zero-order chi connectivity index (χ0) is 18.9. The van der Waals surface area contributed by atoms with Crippen molar-refractivity contribution in [1.29, 1.82) is 0 Å². The van der Waals surface area contributed by atoms with Crippen LogP contribution in [0.2, 0.25) is 0 Å². The van der Waals surface area contributed by atoms with E-state index in [2.05, 4.69) is 24.5 Å². The molecule has 0 radical (unpaired) electrons. The molecule has 2 aromatic carbocycles. The number of hydrogen-bond acceptors (Lipinski definition) is 3. The molecule has 0 spiro atoms. The van der Waals surface area contributed by atoms with E-state index in [0.29, 0.717) is 11.6 Å². The van der Waals surface area contributed by atoms with Gasteiger partial charge in [0, 0.05) is 12.2 Å². The number of benzene rings is 2. The van der Waals surface area contributed by atoms with E-state index in [9.17, 15) is 14.0 Å². The molecule has 0 aromatic heterocycles. The average molecular weight is 358 g/mol. The van der Waals surface area contributed by atoms with Crippen LogP contribution >= 0.6 is 0 Å². The number of amides is 2. The van der Waals surface area contributed by atoms with Crippen LogP contribution in [0, 0.1) is 5.82 Å². The fraction of sp³-hybridized carbons (Fsp3) is 0.300. The largest absolute Gasteiger partial charge is 0.362 e. The fourth-order valence-corrected chi connectivity index (χ4v) is 2.24. The van der Waals surface area contributed by atoms with Gasteiger partial charge in [0.25, 0.3) is 0 Å². The zero-order valence-corrected chi connectivity index (χ0v) is 14.9. The van der Waals surface area contributed by atoms with Gasteiger partial charge in [-0.2, -0.15) is 0 Å². The molecule has 2 rings (SSSR count). The molecule has 2 amide bonds. The van der Waals surface area contributed by atoms with Gasteiger partial charge >= 0.3 is 0 Å². The second kappa shape index (κ2) is 9.68. The van der Waals surface area contributed by atoms with Crippen LogP contribution in [0.25, 0.3) is 0 Å². The highest BCUT2D eigenvalue weighted by atomic mass is 19.1. The number of rotatable bonds is 8. The van der Waals surface area contributed by atoms with Gasteiger partial charge in [0.05, 0.1) is 0 Å². The summed E-state index contributed by atoms with van der Waals surface area (Å²) in [5, 5.41) is 5.35. The first-order valence-corrected chi connectivity index (χ1v) is 8.42. The van der Waals surface area contributed by atoms with E-state index < -0.39 is 0 Å². The Balaban J connectivity index is 1.65. The van der Waals surface area contributed by atoms with Crippen molar-refractivity contribution in [2.45, 2.75) is 26.3 Å². The van der Waals surface area contributed by atoms with Gasteiger partial charge in [0.15, 0.2) is 0 Å². The van der Waals surface area contributed by atoms with Crippen LogP contribution in [0.5, 0.6) is 0 Å². The number of hydrogen-bond donors (Lipinski definition) is 2. The van der Waals surface area contributed by atoms with Crippen molar-refractivity contribution in [3.8, 4) is 0 Å². The molecular formula is C20H23FN2O3. The van der Waals surface area contributed by atoms with Crippen LogP contribution in [0.3, 0.4) is 0 Å². The van der Waals surface area contributed by atoms with Gasteiger partial charge < -0.3 is 15.4 Å². The minimum absolute atomic E-state index is 0.212. The molecule has 6 heteroatoms. The molecule has 0 atom stereocenters. The van der Waals surface area contributed by atoms with Crippen LogP contribution < -0.4 is 10.6 Å². The second-order valence-electron chi connectivity index (χ2n) is 6.22. The van der Waals surface area contributed by atoms with E-state index in [1.165, 1.54) is 17.7 Å². The summed E-state index contributed by atoms with van der Waals surface area (Å²) in [6.45, 7) is 4.04. The summed E-state index contributed by atoms with van der Waals surface area (Å²) < 4.78 is 17.9. The standard InChI is InChI=1S/C20H23FN2O3/c1-14(2)16-5-9-18(10-6-16)23-20(25)13-26-12-19(24)22-11-15-3-7-17(21)8-4-15/h3-10,14H,11-13H2,1-2H3,(H,22,24)(H,23,25). The smallest absolute Gasteiger partial charge is 0.250 e. The van der Waals surface area contributed by atoms with Crippen LogP contribution in [0.4, 0.5) is 10.1 Å². The molecule has 5 nitrogen and oxygen atoms in total. The summed E-state index contributed by atoms with van der Waals surface area (Å²) in [6, 6.07) is 13.4. The van der Waals surface area contributed by atoms with Crippen LogP contribution in [0.1, 0.15) is 30.9 Å². The maximum atomic E-state index is 12.8. The minimum Gasteiger partial charge on any atom is -0.362 e. The molecule has 0 aliphatic heterocycles. The topological polar surface area (TPSA) is 67.4 Å². The molecule has 26 heavy (non-hydrogen) atoms. The molecule has 0 saturated heterocycles. The number of nitrogens with one attached hydrogen (secondary N) is 2. The molecule has 0 fully saturated rings. The number of carbonyl (C=O) groups excluding carboxylic acids is 2. The summed E-state index contributed by atoms with van der Waals surface area (Å²) in [5.41, 5.74) is 2.66. The lowest BCUT2D eigenvalue weighted by atomic mass is 10.0. The first-order valence-electron chi connectivity index (χ1n) is 8.42. The molecule has 138 valence electrons. The summed E-state index contributed by atoms with van der Waals surface area (Å²) in [7, 11) is 0. The van der Waals surface area contributed by atoms with Crippen molar-refractivity contribution < 1.29 is 18.7 Å². The Morgan fingerprint density at radius 2 is 1.58 bits per heavy atom. The van der Waals surface area contributed by atoms with Crippen molar-refractivity contribution in [3.05, 3.63) is 65.5 Å². The fourth-order valence-electron chi connectivity index (χ4n) is 2.24. The molecule has 2 aromatic rings. The quantitative estimate of drug-likeness (QED) is 0.761. The lowest BCUT2D eigenvalue weighted by Crippen LogP contribution is -2.29. The van der Waals surface area contributed by atoms with Crippen molar-refractivity contribution in [2.75, 3.05) is 18.5 Å². The summed E-state index contributed by atoms with van der Waals surface area (Å²) in [5.74, 6) is -0.568. The summed E-state index contributed by atoms with van der Waals surface area (Å²) >= 11 is 0. The molecule has 0 aliphatic rings. The Morgan fingerprint density at radius 3 is 2.19 bits per heavy atom. The van der Waals surface area contributed by atoms with E-state index in [1.807, 2.05) is 24.3 Å². The normalized spacial score (nSPS) is 10.6. The van der Waals surface area contributed by atoms with Gasteiger partial charge in [0.1, 0.15) is 19.0 Å².